The van der Waals surface area contributed by atoms with Gasteiger partial charge in [-0.2, -0.15) is 0 Å². The average Bonchev–Trinajstić information content (AvgIpc) is 2.01. The molecule has 0 spiro atoms. The molecule has 0 amide bonds. The van der Waals surface area contributed by atoms with Crippen molar-refractivity contribution in [1.29, 1.82) is 0 Å². The maximum Gasteiger partial charge on any atom is 0.318 e. The van der Waals surface area contributed by atoms with E-state index in [4.69, 9.17) is 0 Å². The minimum Gasteiger partial charge on any atom is -0.465 e. The number of alkyl halides is 1. The second kappa shape index (κ2) is 7.21. The maximum absolute atomic E-state index is 11.6. The molecular weight excluding hydrogens is 183 g/mol. The number of hydrogen-bond donors (Lipinski definition) is 0. The van der Waals surface area contributed by atoms with Crippen LogP contribution < -0.4 is 0 Å². The molecule has 0 aliphatic heterocycles. The van der Waals surface area contributed by atoms with Crippen LogP contribution in [0.5, 0.6) is 0 Å². The number of carbonyl (C=O) groups excluding carboxylic acids is 1. The molecule has 0 aromatic carbocycles. The summed E-state index contributed by atoms with van der Waals surface area (Å²) in [5.41, 5.74) is 0. The molecule has 0 saturated heterocycles. The lowest BCUT2D eigenvalue weighted by atomic mass is 10.6. The van der Waals surface area contributed by atoms with Gasteiger partial charge in [0.1, 0.15) is 5.75 Å². The van der Waals surface area contributed by atoms with Gasteiger partial charge in [-0.3, -0.25) is 13.4 Å². The lowest BCUT2D eigenvalue weighted by molar-refractivity contribution is -0.139. The maximum atomic E-state index is 11.6. The van der Waals surface area contributed by atoms with Gasteiger partial charge in [-0.05, 0) is 13.3 Å². The minimum atomic E-state index is -1.27. The Bertz CT molecular complexity index is 161. The zero-order chi connectivity index (χ0) is 9.40. The van der Waals surface area contributed by atoms with Crippen molar-refractivity contribution in [3.05, 3.63) is 0 Å². The lowest BCUT2D eigenvalue weighted by Gasteiger charge is -2.00. The fraction of sp³-hybridized carbons (Fsp3) is 0.857. The summed E-state index contributed by atoms with van der Waals surface area (Å²) in [5, 5.41) is 0. The Kier molecular flexibility index (Phi) is 6.94. The van der Waals surface area contributed by atoms with Gasteiger partial charge >= 0.3 is 5.97 Å². The molecule has 0 N–H and O–H groups in total. The highest BCUT2D eigenvalue weighted by atomic mass is 32.2. The zero-order valence-corrected chi connectivity index (χ0v) is 7.86. The van der Waals surface area contributed by atoms with E-state index in [0.717, 1.165) is 0 Å². The largest absolute Gasteiger partial charge is 0.465 e. The van der Waals surface area contributed by atoms with Gasteiger partial charge in [0.05, 0.1) is 13.3 Å². The van der Waals surface area contributed by atoms with Crippen LogP contribution in [0.1, 0.15) is 13.3 Å². The summed E-state index contributed by atoms with van der Waals surface area (Å²) in [6.45, 7) is 1.48. The second-order valence-electron chi connectivity index (χ2n) is 2.14. The van der Waals surface area contributed by atoms with Crippen LogP contribution in [-0.4, -0.2) is 35.0 Å². The third-order valence-corrected chi connectivity index (χ3v) is 2.39. The van der Waals surface area contributed by atoms with Gasteiger partial charge in [-0.1, -0.05) is 0 Å². The summed E-state index contributed by atoms with van der Waals surface area (Å²) in [5.74, 6) is -0.363. The van der Waals surface area contributed by atoms with Crippen LogP contribution in [0, 0.1) is 0 Å². The quantitative estimate of drug-likeness (QED) is 0.586. The summed E-state index contributed by atoms with van der Waals surface area (Å²) < 4.78 is 27.1. The molecule has 0 fully saturated rings. The van der Waals surface area contributed by atoms with Crippen LogP contribution in [-0.2, 0) is 20.3 Å². The van der Waals surface area contributed by atoms with Crippen molar-refractivity contribution in [3.63, 3.8) is 0 Å². The van der Waals surface area contributed by atoms with E-state index in [1.807, 2.05) is 0 Å². The van der Waals surface area contributed by atoms with Crippen molar-refractivity contribution in [2.45, 2.75) is 13.3 Å². The summed E-state index contributed by atoms with van der Waals surface area (Å²) in [7, 11) is -1.27. The van der Waals surface area contributed by atoms with Crippen molar-refractivity contribution < 1.29 is 18.1 Å². The SMILES string of the molecule is CCOC(=O)CS(=O)CCCF. The first-order valence-corrected chi connectivity index (χ1v) is 5.26. The Balaban J connectivity index is 3.47. The Morgan fingerprint density at radius 1 is 1.58 bits per heavy atom. The summed E-state index contributed by atoms with van der Waals surface area (Å²) in [4.78, 5) is 10.7. The van der Waals surface area contributed by atoms with Gasteiger partial charge < -0.3 is 4.74 Å². The van der Waals surface area contributed by atoms with Crippen molar-refractivity contribution in [3.8, 4) is 0 Å². The van der Waals surface area contributed by atoms with Gasteiger partial charge in [0.15, 0.2) is 0 Å². The molecule has 0 aromatic rings. The first-order chi connectivity index (χ1) is 5.70. The van der Waals surface area contributed by atoms with Crippen LogP contribution >= 0.6 is 0 Å². The van der Waals surface area contributed by atoms with Gasteiger partial charge in [0, 0.05) is 16.6 Å². The van der Waals surface area contributed by atoms with E-state index >= 15 is 0 Å². The Morgan fingerprint density at radius 2 is 2.25 bits per heavy atom. The molecule has 0 aromatic heterocycles. The normalized spacial score (nSPS) is 12.5. The molecule has 72 valence electrons. The van der Waals surface area contributed by atoms with Crippen molar-refractivity contribution in [2.75, 3.05) is 24.8 Å². The summed E-state index contributed by atoms with van der Waals surface area (Å²) in [6.07, 6.45) is 0.242. The van der Waals surface area contributed by atoms with Crippen LogP contribution in [0.2, 0.25) is 0 Å². The third kappa shape index (κ3) is 6.27. The number of esters is 1. The molecule has 0 aliphatic carbocycles. The molecule has 0 heterocycles. The third-order valence-electron chi connectivity index (χ3n) is 1.09. The second-order valence-corrected chi connectivity index (χ2v) is 3.71. The zero-order valence-electron chi connectivity index (χ0n) is 7.05. The molecule has 0 aliphatic rings. The fourth-order valence-corrected chi connectivity index (χ4v) is 1.54. The van der Waals surface area contributed by atoms with E-state index in [-0.39, 0.29) is 17.9 Å². The molecule has 0 bridgehead atoms. The number of halogens is 1. The molecule has 1 unspecified atom stereocenters. The van der Waals surface area contributed by atoms with E-state index in [1.165, 1.54) is 0 Å². The number of hydrogen-bond acceptors (Lipinski definition) is 3. The van der Waals surface area contributed by atoms with E-state index in [9.17, 15) is 13.4 Å². The predicted molar refractivity (Wildman–Crippen MR) is 45.1 cm³/mol. The van der Waals surface area contributed by atoms with Crippen molar-refractivity contribution in [1.82, 2.24) is 0 Å². The van der Waals surface area contributed by atoms with Gasteiger partial charge in [0.25, 0.3) is 0 Å². The molecule has 12 heavy (non-hydrogen) atoms. The first-order valence-electron chi connectivity index (χ1n) is 3.77. The van der Waals surface area contributed by atoms with E-state index < -0.39 is 23.4 Å². The summed E-state index contributed by atoms with van der Waals surface area (Å²) >= 11 is 0. The monoisotopic (exact) mass is 196 g/mol. The number of carbonyl (C=O) groups is 1. The van der Waals surface area contributed by atoms with E-state index in [0.29, 0.717) is 6.61 Å². The van der Waals surface area contributed by atoms with Crippen LogP contribution in [0.3, 0.4) is 0 Å². The highest BCUT2D eigenvalue weighted by Crippen LogP contribution is 1.90. The van der Waals surface area contributed by atoms with Crippen molar-refractivity contribution in [2.24, 2.45) is 0 Å². The van der Waals surface area contributed by atoms with Gasteiger partial charge in [-0.15, -0.1) is 0 Å². The standard InChI is InChI=1S/C7H13FO3S/c1-2-11-7(9)6-12(10)5-3-4-8/h2-6H2,1H3. The van der Waals surface area contributed by atoms with Crippen molar-refractivity contribution >= 4 is 16.8 Å². The Hall–Kier alpha value is -0.450. The average molecular weight is 196 g/mol. The van der Waals surface area contributed by atoms with Gasteiger partial charge in [-0.25, -0.2) is 0 Å². The Morgan fingerprint density at radius 3 is 2.75 bits per heavy atom. The molecule has 1 atom stereocenters. The molecule has 0 radical (unpaired) electrons. The predicted octanol–water partition coefficient (Wildman–Crippen LogP) is 0.658. The van der Waals surface area contributed by atoms with Crippen LogP contribution in [0.4, 0.5) is 4.39 Å². The molecule has 5 heteroatoms. The Labute approximate surface area is 73.7 Å². The van der Waals surface area contributed by atoms with Gasteiger partial charge in [0.2, 0.25) is 0 Å². The number of rotatable bonds is 6. The molecule has 0 rings (SSSR count). The fourth-order valence-electron chi connectivity index (χ4n) is 0.622. The first kappa shape index (κ1) is 11.6. The van der Waals surface area contributed by atoms with E-state index in [2.05, 4.69) is 4.74 Å². The molecule has 3 nitrogen and oxygen atoms in total. The minimum absolute atomic E-state index is 0.117. The van der Waals surface area contributed by atoms with Crippen LogP contribution in [0.15, 0.2) is 0 Å². The highest BCUT2D eigenvalue weighted by Gasteiger charge is 2.07. The number of ether oxygens (including phenoxy) is 1. The highest BCUT2D eigenvalue weighted by molar-refractivity contribution is 7.85. The topological polar surface area (TPSA) is 43.4 Å². The molecule has 0 saturated carbocycles. The van der Waals surface area contributed by atoms with E-state index in [1.54, 1.807) is 6.92 Å². The summed E-state index contributed by atoms with van der Waals surface area (Å²) in [6, 6.07) is 0. The molecular formula is C7H13FO3S. The van der Waals surface area contributed by atoms with Crippen LogP contribution in [0.25, 0.3) is 0 Å². The lowest BCUT2D eigenvalue weighted by Crippen LogP contribution is -2.16. The smallest absolute Gasteiger partial charge is 0.318 e.